The molecule has 0 bridgehead atoms. The van der Waals surface area contributed by atoms with Crippen LogP contribution in [0.4, 0.5) is 0 Å². The second-order valence-electron chi connectivity index (χ2n) is 6.47. The van der Waals surface area contributed by atoms with Gasteiger partial charge in [-0.1, -0.05) is 12.1 Å². The van der Waals surface area contributed by atoms with Crippen molar-refractivity contribution >= 4 is 11.4 Å². The van der Waals surface area contributed by atoms with Crippen molar-refractivity contribution < 1.29 is 14.3 Å². The van der Waals surface area contributed by atoms with Crippen LogP contribution in [0.5, 0.6) is 11.5 Å². The summed E-state index contributed by atoms with van der Waals surface area (Å²) in [6, 6.07) is 11.8. The summed E-state index contributed by atoms with van der Waals surface area (Å²) in [6.07, 6.45) is 3.60. The van der Waals surface area contributed by atoms with E-state index in [0.717, 1.165) is 46.9 Å². The molecule has 0 N–H and O–H groups in total. The zero-order valence-electron chi connectivity index (χ0n) is 16.2. The number of carbonyl (C=O) groups is 1. The van der Waals surface area contributed by atoms with Gasteiger partial charge in [0.05, 0.1) is 25.4 Å². The summed E-state index contributed by atoms with van der Waals surface area (Å²) in [5, 5.41) is 0. The number of hydrogen-bond donors (Lipinski definition) is 0. The molecule has 3 aromatic rings. The third-order valence-electron chi connectivity index (χ3n) is 4.70. The Labute approximate surface area is 159 Å². The van der Waals surface area contributed by atoms with E-state index >= 15 is 0 Å². The molecule has 27 heavy (non-hydrogen) atoms. The average molecular weight is 367 g/mol. The molecule has 6 heteroatoms. The van der Waals surface area contributed by atoms with Crippen LogP contribution in [0.15, 0.2) is 42.6 Å². The fourth-order valence-corrected chi connectivity index (χ4v) is 3.05. The second-order valence-corrected chi connectivity index (χ2v) is 6.47. The van der Waals surface area contributed by atoms with Crippen molar-refractivity contribution in [2.24, 2.45) is 0 Å². The van der Waals surface area contributed by atoms with Crippen molar-refractivity contribution in [3.8, 4) is 22.8 Å². The number of ether oxygens (including phenoxy) is 2. The normalized spacial score (nSPS) is 10.8. The zero-order valence-corrected chi connectivity index (χ0v) is 16.2. The van der Waals surface area contributed by atoms with E-state index in [9.17, 15) is 4.79 Å². The van der Waals surface area contributed by atoms with Crippen LogP contribution in [-0.4, -0.2) is 48.0 Å². The van der Waals surface area contributed by atoms with Crippen molar-refractivity contribution in [3.05, 3.63) is 48.4 Å². The first-order valence-electron chi connectivity index (χ1n) is 8.94. The molecule has 2 heterocycles. The molecule has 0 atom stereocenters. The minimum Gasteiger partial charge on any atom is -0.497 e. The van der Waals surface area contributed by atoms with Crippen LogP contribution >= 0.6 is 0 Å². The predicted octanol–water partition coefficient (Wildman–Crippen LogP) is 3.43. The number of benzene rings is 1. The van der Waals surface area contributed by atoms with Crippen LogP contribution in [0.3, 0.4) is 0 Å². The second kappa shape index (κ2) is 8.12. The molecule has 0 saturated heterocycles. The molecule has 0 aliphatic carbocycles. The zero-order chi connectivity index (χ0) is 19.4. The van der Waals surface area contributed by atoms with Gasteiger partial charge in [0.15, 0.2) is 0 Å². The number of pyridine rings is 1. The molecule has 0 unspecified atom stereocenters. The van der Waals surface area contributed by atoms with Crippen molar-refractivity contribution in [1.82, 2.24) is 14.3 Å². The molecule has 0 spiro atoms. The topological polar surface area (TPSA) is 56.1 Å². The molecular formula is C21H25N3O3. The smallest absolute Gasteiger partial charge is 0.219 e. The first-order chi connectivity index (χ1) is 13.0. The molecular weight excluding hydrogens is 342 g/mol. The SMILES string of the molecule is COc1cccc(-c2nc(CCCN(C)C(C)=O)n3ccc(OC)cc23)c1. The fourth-order valence-electron chi connectivity index (χ4n) is 3.05. The maximum absolute atomic E-state index is 11.4. The molecule has 3 rings (SSSR count). The molecule has 0 fully saturated rings. The average Bonchev–Trinajstić information content (AvgIpc) is 3.05. The maximum Gasteiger partial charge on any atom is 0.219 e. The molecule has 6 nitrogen and oxygen atoms in total. The summed E-state index contributed by atoms with van der Waals surface area (Å²) in [5.74, 6) is 2.61. The minimum absolute atomic E-state index is 0.0739. The van der Waals surface area contributed by atoms with Crippen LogP contribution in [0.1, 0.15) is 19.2 Å². The lowest BCUT2D eigenvalue weighted by Gasteiger charge is -2.13. The monoisotopic (exact) mass is 367 g/mol. The first-order valence-corrected chi connectivity index (χ1v) is 8.94. The third kappa shape index (κ3) is 4.05. The number of amides is 1. The van der Waals surface area contributed by atoms with Gasteiger partial charge in [-0.3, -0.25) is 4.79 Å². The van der Waals surface area contributed by atoms with Crippen LogP contribution in [0.25, 0.3) is 16.8 Å². The van der Waals surface area contributed by atoms with E-state index in [1.165, 1.54) is 0 Å². The van der Waals surface area contributed by atoms with E-state index in [2.05, 4.69) is 4.40 Å². The Morgan fingerprint density at radius 1 is 1.15 bits per heavy atom. The number of aryl methyl sites for hydroxylation is 1. The van der Waals surface area contributed by atoms with Crippen LogP contribution < -0.4 is 9.47 Å². The number of methoxy groups -OCH3 is 2. The number of aromatic nitrogens is 2. The fraction of sp³-hybridized carbons (Fsp3) is 0.333. The number of nitrogens with zero attached hydrogens (tertiary/aromatic N) is 3. The molecule has 1 amide bonds. The number of rotatable bonds is 7. The van der Waals surface area contributed by atoms with Gasteiger partial charge in [-0.15, -0.1) is 0 Å². The summed E-state index contributed by atoms with van der Waals surface area (Å²) < 4.78 is 12.8. The van der Waals surface area contributed by atoms with Crippen molar-refractivity contribution in [3.63, 3.8) is 0 Å². The number of fused-ring (bicyclic) bond motifs is 1. The molecule has 0 radical (unpaired) electrons. The Balaban J connectivity index is 1.98. The molecule has 0 saturated carbocycles. The van der Waals surface area contributed by atoms with Gasteiger partial charge in [-0.2, -0.15) is 0 Å². The van der Waals surface area contributed by atoms with Crippen LogP contribution in [0.2, 0.25) is 0 Å². The van der Waals surface area contributed by atoms with E-state index in [0.29, 0.717) is 6.54 Å². The van der Waals surface area contributed by atoms with Gasteiger partial charge in [0, 0.05) is 44.8 Å². The number of hydrogen-bond acceptors (Lipinski definition) is 4. The summed E-state index contributed by atoms with van der Waals surface area (Å²) in [6.45, 7) is 2.28. The maximum atomic E-state index is 11.4. The van der Waals surface area contributed by atoms with Gasteiger partial charge in [-0.05, 0) is 24.6 Å². The largest absolute Gasteiger partial charge is 0.497 e. The van der Waals surface area contributed by atoms with Crippen molar-refractivity contribution in [2.45, 2.75) is 19.8 Å². The third-order valence-corrected chi connectivity index (χ3v) is 4.70. The van der Waals surface area contributed by atoms with E-state index in [-0.39, 0.29) is 5.91 Å². The van der Waals surface area contributed by atoms with Crippen molar-refractivity contribution in [1.29, 1.82) is 0 Å². The standard InChI is InChI=1S/C21H25N3O3/c1-15(25)23(2)11-6-9-20-22-21(16-7-5-8-17(13-16)26-3)19-14-18(27-4)10-12-24(19)20/h5,7-8,10,12-14H,6,9,11H2,1-4H3. The Morgan fingerprint density at radius 2 is 1.89 bits per heavy atom. The lowest BCUT2D eigenvalue weighted by atomic mass is 10.1. The van der Waals surface area contributed by atoms with E-state index in [1.807, 2.05) is 49.6 Å². The highest BCUT2D eigenvalue weighted by Crippen LogP contribution is 2.30. The Hall–Kier alpha value is -3.02. The summed E-state index contributed by atoms with van der Waals surface area (Å²) >= 11 is 0. The van der Waals surface area contributed by atoms with E-state index in [1.54, 1.807) is 26.0 Å². The van der Waals surface area contributed by atoms with Gasteiger partial charge >= 0.3 is 0 Å². The summed E-state index contributed by atoms with van der Waals surface area (Å²) in [4.78, 5) is 18.0. The molecule has 1 aromatic carbocycles. The Bertz CT molecular complexity index is 949. The van der Waals surface area contributed by atoms with Gasteiger partial charge in [0.1, 0.15) is 17.3 Å². The quantitative estimate of drug-likeness (QED) is 0.642. The Kier molecular flexibility index (Phi) is 5.64. The highest BCUT2D eigenvalue weighted by molar-refractivity contribution is 5.79. The lowest BCUT2D eigenvalue weighted by Crippen LogP contribution is -2.25. The first kappa shape index (κ1) is 18.8. The number of carbonyl (C=O) groups excluding carboxylic acids is 1. The molecule has 2 aromatic heterocycles. The molecule has 0 aliphatic heterocycles. The van der Waals surface area contributed by atoms with E-state index in [4.69, 9.17) is 14.5 Å². The predicted molar refractivity (Wildman–Crippen MR) is 105 cm³/mol. The van der Waals surface area contributed by atoms with Crippen LogP contribution in [0, 0.1) is 0 Å². The Morgan fingerprint density at radius 3 is 2.59 bits per heavy atom. The highest BCUT2D eigenvalue weighted by atomic mass is 16.5. The molecule has 142 valence electrons. The highest BCUT2D eigenvalue weighted by Gasteiger charge is 2.14. The van der Waals surface area contributed by atoms with Gasteiger partial charge < -0.3 is 18.8 Å². The van der Waals surface area contributed by atoms with Gasteiger partial charge in [0.2, 0.25) is 5.91 Å². The van der Waals surface area contributed by atoms with E-state index < -0.39 is 0 Å². The minimum atomic E-state index is 0.0739. The molecule has 0 aliphatic rings. The lowest BCUT2D eigenvalue weighted by molar-refractivity contribution is -0.127. The van der Waals surface area contributed by atoms with Crippen LogP contribution in [-0.2, 0) is 11.2 Å². The van der Waals surface area contributed by atoms with Gasteiger partial charge in [-0.25, -0.2) is 4.98 Å². The van der Waals surface area contributed by atoms with Crippen molar-refractivity contribution in [2.75, 3.05) is 27.8 Å². The van der Waals surface area contributed by atoms with Gasteiger partial charge in [0.25, 0.3) is 0 Å². The number of imidazole rings is 1. The summed E-state index contributed by atoms with van der Waals surface area (Å²) in [7, 11) is 5.13. The summed E-state index contributed by atoms with van der Waals surface area (Å²) in [5.41, 5.74) is 2.87.